The van der Waals surface area contributed by atoms with Crippen LogP contribution in [0.5, 0.6) is 0 Å². The second-order valence-corrected chi connectivity index (χ2v) is 5.87. The maximum atomic E-state index is 11.6. The summed E-state index contributed by atoms with van der Waals surface area (Å²) in [5, 5.41) is 2.98. The summed E-state index contributed by atoms with van der Waals surface area (Å²) in [5.74, 6) is 4.36. The first-order valence-electron chi connectivity index (χ1n) is 7.07. The highest BCUT2D eigenvalue weighted by Crippen LogP contribution is 2.47. The zero-order valence-corrected chi connectivity index (χ0v) is 10.9. The molecule has 0 aliphatic heterocycles. The molecule has 2 aliphatic carbocycles. The molecule has 3 nitrogen and oxygen atoms in total. The van der Waals surface area contributed by atoms with Crippen molar-refractivity contribution in [2.24, 2.45) is 11.8 Å². The molecular weight excluding hydrogens is 226 g/mol. The van der Waals surface area contributed by atoms with Gasteiger partial charge in [-0.2, -0.15) is 0 Å². The van der Waals surface area contributed by atoms with Crippen molar-refractivity contribution >= 4 is 5.91 Å². The van der Waals surface area contributed by atoms with Gasteiger partial charge in [-0.3, -0.25) is 4.79 Å². The highest BCUT2D eigenvalue weighted by atomic mass is 16.3. The van der Waals surface area contributed by atoms with E-state index in [4.69, 9.17) is 4.42 Å². The van der Waals surface area contributed by atoms with E-state index in [1.54, 1.807) is 0 Å². The van der Waals surface area contributed by atoms with Gasteiger partial charge in [-0.15, -0.1) is 0 Å². The number of nitrogens with one attached hydrogen (secondary N) is 1. The summed E-state index contributed by atoms with van der Waals surface area (Å²) in [7, 11) is 0. The molecule has 1 N–H and O–H groups in total. The Morgan fingerprint density at radius 2 is 2.22 bits per heavy atom. The summed E-state index contributed by atoms with van der Waals surface area (Å²) < 4.78 is 5.79. The summed E-state index contributed by atoms with van der Waals surface area (Å²) in [6.45, 7) is 3.11. The van der Waals surface area contributed by atoms with E-state index >= 15 is 0 Å². The van der Waals surface area contributed by atoms with Gasteiger partial charge in [0.25, 0.3) is 0 Å². The first-order chi connectivity index (χ1) is 8.72. The number of aryl methyl sites for hydroxylation is 1. The SMILES string of the molecule is C[C@H]1C[C@@H]1c1ccc(CCC(=O)NCC2CC2)o1. The molecule has 0 aromatic carbocycles. The lowest BCUT2D eigenvalue weighted by Gasteiger charge is -2.02. The number of rotatable bonds is 6. The molecular formula is C15H21NO2. The molecule has 0 saturated heterocycles. The number of hydrogen-bond acceptors (Lipinski definition) is 2. The van der Waals surface area contributed by atoms with Gasteiger partial charge in [0.05, 0.1) is 0 Å². The summed E-state index contributed by atoms with van der Waals surface area (Å²) in [6.07, 6.45) is 5.06. The second kappa shape index (κ2) is 4.79. The number of carbonyl (C=O) groups excluding carboxylic acids is 1. The van der Waals surface area contributed by atoms with E-state index in [1.165, 1.54) is 19.3 Å². The van der Waals surface area contributed by atoms with Crippen LogP contribution in [0, 0.1) is 11.8 Å². The third-order valence-electron chi connectivity index (χ3n) is 4.04. The van der Waals surface area contributed by atoms with Gasteiger partial charge >= 0.3 is 0 Å². The van der Waals surface area contributed by atoms with Gasteiger partial charge < -0.3 is 9.73 Å². The van der Waals surface area contributed by atoms with E-state index in [1.807, 2.05) is 6.07 Å². The van der Waals surface area contributed by atoms with Crippen LogP contribution >= 0.6 is 0 Å². The Labute approximate surface area is 108 Å². The number of furan rings is 1. The molecule has 18 heavy (non-hydrogen) atoms. The third-order valence-corrected chi connectivity index (χ3v) is 4.04. The Hall–Kier alpha value is -1.25. The standard InChI is InChI=1S/C15H21NO2/c1-10-8-13(10)14-6-4-12(18-14)5-7-15(17)16-9-11-2-3-11/h4,6,10-11,13H,2-3,5,7-9H2,1H3,(H,16,17)/t10-,13-/m0/s1. The van der Waals surface area contributed by atoms with Gasteiger partial charge in [-0.05, 0) is 43.2 Å². The third kappa shape index (κ3) is 2.95. The fourth-order valence-corrected chi connectivity index (χ4v) is 2.35. The van der Waals surface area contributed by atoms with Gasteiger partial charge in [0.1, 0.15) is 11.5 Å². The fourth-order valence-electron chi connectivity index (χ4n) is 2.35. The van der Waals surface area contributed by atoms with Crippen molar-refractivity contribution in [3.63, 3.8) is 0 Å². The summed E-state index contributed by atoms with van der Waals surface area (Å²) in [4.78, 5) is 11.6. The Balaban J connectivity index is 1.41. The molecule has 2 atom stereocenters. The van der Waals surface area contributed by atoms with Crippen LogP contribution in [0.2, 0.25) is 0 Å². The molecule has 2 aliphatic rings. The van der Waals surface area contributed by atoms with Gasteiger partial charge in [0, 0.05) is 25.3 Å². The summed E-state index contributed by atoms with van der Waals surface area (Å²) in [5.41, 5.74) is 0. The molecule has 0 bridgehead atoms. The van der Waals surface area contributed by atoms with Crippen molar-refractivity contribution in [1.29, 1.82) is 0 Å². The molecule has 0 spiro atoms. The van der Waals surface area contributed by atoms with E-state index in [-0.39, 0.29) is 5.91 Å². The van der Waals surface area contributed by atoms with E-state index in [0.717, 1.165) is 36.3 Å². The van der Waals surface area contributed by atoms with Crippen LogP contribution in [-0.4, -0.2) is 12.5 Å². The Kier molecular flexibility index (Phi) is 3.14. The Bertz CT molecular complexity index is 433. The monoisotopic (exact) mass is 247 g/mol. The molecule has 3 rings (SSSR count). The van der Waals surface area contributed by atoms with Crippen LogP contribution in [0.15, 0.2) is 16.5 Å². The van der Waals surface area contributed by atoms with E-state index in [0.29, 0.717) is 12.3 Å². The number of amides is 1. The molecule has 2 saturated carbocycles. The minimum atomic E-state index is 0.152. The largest absolute Gasteiger partial charge is 0.466 e. The lowest BCUT2D eigenvalue weighted by molar-refractivity contribution is -0.121. The normalized spacial score (nSPS) is 26.1. The lowest BCUT2D eigenvalue weighted by Crippen LogP contribution is -2.25. The molecule has 98 valence electrons. The number of hydrogen-bond donors (Lipinski definition) is 1. The Morgan fingerprint density at radius 1 is 1.44 bits per heavy atom. The van der Waals surface area contributed by atoms with Crippen molar-refractivity contribution in [2.75, 3.05) is 6.54 Å². The van der Waals surface area contributed by atoms with Crippen molar-refractivity contribution < 1.29 is 9.21 Å². The molecule has 1 amide bonds. The van der Waals surface area contributed by atoms with Crippen LogP contribution in [0.4, 0.5) is 0 Å². The van der Waals surface area contributed by atoms with Crippen LogP contribution in [-0.2, 0) is 11.2 Å². The highest BCUT2D eigenvalue weighted by Gasteiger charge is 2.36. The highest BCUT2D eigenvalue weighted by molar-refractivity contribution is 5.76. The van der Waals surface area contributed by atoms with Gasteiger partial charge in [-0.1, -0.05) is 6.92 Å². The topological polar surface area (TPSA) is 42.2 Å². The lowest BCUT2D eigenvalue weighted by atomic mass is 10.2. The first kappa shape index (κ1) is 11.8. The van der Waals surface area contributed by atoms with Crippen molar-refractivity contribution in [3.05, 3.63) is 23.7 Å². The minimum Gasteiger partial charge on any atom is -0.466 e. The smallest absolute Gasteiger partial charge is 0.220 e. The van der Waals surface area contributed by atoms with E-state index in [9.17, 15) is 4.79 Å². The average Bonchev–Trinajstić information content (AvgIpc) is 3.26. The van der Waals surface area contributed by atoms with Crippen molar-refractivity contribution in [2.45, 2.75) is 44.9 Å². The molecule has 0 unspecified atom stereocenters. The number of carbonyl (C=O) groups is 1. The summed E-state index contributed by atoms with van der Waals surface area (Å²) in [6, 6.07) is 4.10. The van der Waals surface area contributed by atoms with Crippen LogP contribution < -0.4 is 5.32 Å². The van der Waals surface area contributed by atoms with Crippen molar-refractivity contribution in [1.82, 2.24) is 5.32 Å². The maximum absolute atomic E-state index is 11.6. The van der Waals surface area contributed by atoms with Crippen LogP contribution in [0.1, 0.15) is 50.0 Å². The van der Waals surface area contributed by atoms with Gasteiger partial charge in [-0.25, -0.2) is 0 Å². The van der Waals surface area contributed by atoms with Gasteiger partial charge in [0.15, 0.2) is 0 Å². The quantitative estimate of drug-likeness (QED) is 0.840. The van der Waals surface area contributed by atoms with Crippen LogP contribution in [0.3, 0.4) is 0 Å². The zero-order valence-electron chi connectivity index (χ0n) is 10.9. The first-order valence-corrected chi connectivity index (χ1v) is 7.07. The molecule has 1 heterocycles. The molecule has 0 radical (unpaired) electrons. The molecule has 3 heteroatoms. The summed E-state index contributed by atoms with van der Waals surface area (Å²) >= 11 is 0. The predicted octanol–water partition coefficient (Wildman–Crippen LogP) is 2.86. The zero-order chi connectivity index (χ0) is 12.5. The average molecular weight is 247 g/mol. The second-order valence-electron chi connectivity index (χ2n) is 5.87. The van der Waals surface area contributed by atoms with Crippen LogP contribution in [0.25, 0.3) is 0 Å². The predicted molar refractivity (Wildman–Crippen MR) is 69.3 cm³/mol. The maximum Gasteiger partial charge on any atom is 0.220 e. The fraction of sp³-hybridized carbons (Fsp3) is 0.667. The van der Waals surface area contributed by atoms with E-state index in [2.05, 4.69) is 18.3 Å². The minimum absolute atomic E-state index is 0.152. The molecule has 1 aromatic rings. The van der Waals surface area contributed by atoms with Gasteiger partial charge in [0.2, 0.25) is 5.91 Å². The van der Waals surface area contributed by atoms with E-state index < -0.39 is 0 Å². The Morgan fingerprint density at radius 3 is 2.89 bits per heavy atom. The molecule has 1 aromatic heterocycles. The van der Waals surface area contributed by atoms with Crippen molar-refractivity contribution in [3.8, 4) is 0 Å². The molecule has 2 fully saturated rings.